The molecular weight excluding hydrogens is 244 g/mol. The molecule has 0 bridgehead atoms. The van der Waals surface area contributed by atoms with Gasteiger partial charge in [0.25, 0.3) is 5.91 Å². The number of thiophene rings is 1. The van der Waals surface area contributed by atoms with Crippen LogP contribution in [0.3, 0.4) is 0 Å². The lowest BCUT2D eigenvalue weighted by molar-refractivity contribution is 0.102. The summed E-state index contributed by atoms with van der Waals surface area (Å²) in [6.45, 7) is 4.26. The first-order chi connectivity index (χ1) is 8.58. The molecule has 1 heterocycles. The molecule has 1 aromatic carbocycles. The van der Waals surface area contributed by atoms with Crippen LogP contribution in [0.1, 0.15) is 35.0 Å². The van der Waals surface area contributed by atoms with Crippen molar-refractivity contribution in [1.82, 2.24) is 0 Å². The average molecular weight is 260 g/mol. The lowest BCUT2D eigenvalue weighted by Crippen LogP contribution is -2.12. The molecule has 2 aromatic rings. The number of anilines is 2. The summed E-state index contributed by atoms with van der Waals surface area (Å²) in [6.07, 6.45) is 0. The fourth-order valence-electron chi connectivity index (χ4n) is 1.61. The number of nitrogen functional groups attached to an aromatic ring is 1. The van der Waals surface area contributed by atoms with E-state index in [9.17, 15) is 4.79 Å². The summed E-state index contributed by atoms with van der Waals surface area (Å²) in [4.78, 5) is 13.3. The van der Waals surface area contributed by atoms with Gasteiger partial charge in [0.2, 0.25) is 0 Å². The second-order valence-electron chi connectivity index (χ2n) is 4.40. The Kier molecular flexibility index (Phi) is 3.67. The zero-order valence-electron chi connectivity index (χ0n) is 10.4. The van der Waals surface area contributed by atoms with Crippen molar-refractivity contribution < 1.29 is 4.79 Å². The molecule has 0 radical (unpaired) electrons. The molecule has 3 N–H and O–H groups in total. The van der Waals surface area contributed by atoms with Crippen molar-refractivity contribution in [1.29, 1.82) is 0 Å². The summed E-state index contributed by atoms with van der Waals surface area (Å²) < 4.78 is 0. The van der Waals surface area contributed by atoms with Crippen LogP contribution < -0.4 is 11.1 Å². The Labute approximate surface area is 111 Å². The zero-order valence-corrected chi connectivity index (χ0v) is 11.3. The molecule has 0 fully saturated rings. The molecule has 0 aliphatic carbocycles. The van der Waals surface area contributed by atoms with Crippen LogP contribution in [-0.4, -0.2) is 5.91 Å². The quantitative estimate of drug-likeness (QED) is 0.827. The second-order valence-corrected chi connectivity index (χ2v) is 5.51. The molecule has 3 nitrogen and oxygen atoms in total. The maximum Gasteiger partial charge on any atom is 0.258 e. The Bertz CT molecular complexity index is 560. The number of carbonyl (C=O) groups is 1. The van der Waals surface area contributed by atoms with E-state index in [0.29, 0.717) is 17.2 Å². The van der Waals surface area contributed by atoms with E-state index in [1.54, 1.807) is 29.5 Å². The van der Waals surface area contributed by atoms with Crippen LogP contribution in [0.4, 0.5) is 10.7 Å². The summed E-state index contributed by atoms with van der Waals surface area (Å²) in [5, 5.41) is 3.73. The predicted molar refractivity (Wildman–Crippen MR) is 77.2 cm³/mol. The number of hydrogen-bond acceptors (Lipinski definition) is 3. The molecule has 0 unspecified atom stereocenters. The lowest BCUT2D eigenvalue weighted by atomic mass is 10.1. The standard InChI is InChI=1S/C14H16N2OS/c1-9(2)12-7-8-13(18-12)16-14(17)10-5-3-4-6-11(10)15/h3-9H,15H2,1-2H3,(H,16,17). The van der Waals surface area contributed by atoms with Gasteiger partial charge >= 0.3 is 0 Å². The minimum absolute atomic E-state index is 0.162. The third-order valence-electron chi connectivity index (χ3n) is 2.64. The first kappa shape index (κ1) is 12.6. The highest BCUT2D eigenvalue weighted by molar-refractivity contribution is 7.16. The van der Waals surface area contributed by atoms with Gasteiger partial charge in [-0.25, -0.2) is 0 Å². The van der Waals surface area contributed by atoms with Gasteiger partial charge in [-0.05, 0) is 30.2 Å². The number of benzene rings is 1. The lowest BCUT2D eigenvalue weighted by Gasteiger charge is -2.05. The molecule has 94 valence electrons. The maximum absolute atomic E-state index is 12.0. The number of hydrogen-bond donors (Lipinski definition) is 2. The third-order valence-corrected chi connectivity index (χ3v) is 3.94. The maximum atomic E-state index is 12.0. The van der Waals surface area contributed by atoms with Gasteiger partial charge in [-0.2, -0.15) is 0 Å². The molecule has 4 heteroatoms. The Hall–Kier alpha value is -1.81. The van der Waals surface area contributed by atoms with Crippen molar-refractivity contribution in [3.05, 3.63) is 46.8 Å². The van der Waals surface area contributed by atoms with Crippen molar-refractivity contribution >= 4 is 27.9 Å². The highest BCUT2D eigenvalue weighted by Gasteiger charge is 2.11. The van der Waals surface area contributed by atoms with E-state index in [0.717, 1.165) is 5.00 Å². The average Bonchev–Trinajstić information content (AvgIpc) is 2.78. The Morgan fingerprint density at radius 3 is 2.56 bits per heavy atom. The highest BCUT2D eigenvalue weighted by atomic mass is 32.1. The topological polar surface area (TPSA) is 55.1 Å². The normalized spacial score (nSPS) is 10.6. The number of nitrogens with one attached hydrogen (secondary N) is 1. The summed E-state index contributed by atoms with van der Waals surface area (Å²) in [5.41, 5.74) is 6.78. The van der Waals surface area contributed by atoms with Crippen LogP contribution in [0.25, 0.3) is 0 Å². The summed E-state index contributed by atoms with van der Waals surface area (Å²) in [5.74, 6) is 0.313. The fourth-order valence-corrected chi connectivity index (χ4v) is 2.52. The van der Waals surface area contributed by atoms with Crippen molar-refractivity contribution in [2.75, 3.05) is 11.1 Å². The van der Waals surface area contributed by atoms with E-state index in [1.165, 1.54) is 4.88 Å². The van der Waals surface area contributed by atoms with Crippen LogP contribution in [0, 0.1) is 0 Å². The van der Waals surface area contributed by atoms with Crippen LogP contribution in [0.15, 0.2) is 36.4 Å². The van der Waals surface area contributed by atoms with Gasteiger partial charge < -0.3 is 11.1 Å². The van der Waals surface area contributed by atoms with Gasteiger partial charge in [-0.1, -0.05) is 26.0 Å². The van der Waals surface area contributed by atoms with Gasteiger partial charge in [-0.3, -0.25) is 4.79 Å². The third kappa shape index (κ3) is 2.71. The summed E-state index contributed by atoms with van der Waals surface area (Å²) in [6, 6.07) is 11.0. The van der Waals surface area contributed by atoms with E-state index in [1.807, 2.05) is 18.2 Å². The first-order valence-electron chi connectivity index (χ1n) is 5.83. The van der Waals surface area contributed by atoms with Crippen LogP contribution in [0.2, 0.25) is 0 Å². The SMILES string of the molecule is CC(C)c1ccc(NC(=O)c2ccccc2N)s1. The molecule has 0 aliphatic heterocycles. The number of para-hydroxylation sites is 1. The molecule has 0 saturated carbocycles. The van der Waals surface area contributed by atoms with Gasteiger partial charge in [0.1, 0.15) is 0 Å². The first-order valence-corrected chi connectivity index (χ1v) is 6.65. The van der Waals surface area contributed by atoms with Crippen molar-refractivity contribution in [3.8, 4) is 0 Å². The number of nitrogens with two attached hydrogens (primary N) is 1. The number of amides is 1. The zero-order chi connectivity index (χ0) is 13.1. The molecule has 2 rings (SSSR count). The van der Waals surface area contributed by atoms with Crippen molar-refractivity contribution in [3.63, 3.8) is 0 Å². The van der Waals surface area contributed by atoms with E-state index >= 15 is 0 Å². The van der Waals surface area contributed by atoms with Crippen molar-refractivity contribution in [2.24, 2.45) is 0 Å². The van der Waals surface area contributed by atoms with Crippen molar-refractivity contribution in [2.45, 2.75) is 19.8 Å². The summed E-state index contributed by atoms with van der Waals surface area (Å²) in [7, 11) is 0. The molecule has 0 spiro atoms. The smallest absolute Gasteiger partial charge is 0.258 e. The fraction of sp³-hybridized carbons (Fsp3) is 0.214. The van der Waals surface area contributed by atoms with E-state index < -0.39 is 0 Å². The summed E-state index contributed by atoms with van der Waals surface area (Å²) >= 11 is 1.60. The van der Waals surface area contributed by atoms with E-state index in [2.05, 4.69) is 19.2 Å². The molecule has 0 aliphatic rings. The van der Waals surface area contributed by atoms with Gasteiger partial charge in [0.05, 0.1) is 10.6 Å². The van der Waals surface area contributed by atoms with Gasteiger partial charge in [0.15, 0.2) is 0 Å². The highest BCUT2D eigenvalue weighted by Crippen LogP contribution is 2.28. The van der Waals surface area contributed by atoms with E-state index in [4.69, 9.17) is 5.73 Å². The molecule has 18 heavy (non-hydrogen) atoms. The van der Waals surface area contributed by atoms with E-state index in [-0.39, 0.29) is 5.91 Å². The minimum atomic E-state index is -0.162. The number of rotatable bonds is 3. The minimum Gasteiger partial charge on any atom is -0.398 e. The van der Waals surface area contributed by atoms with Crippen LogP contribution >= 0.6 is 11.3 Å². The van der Waals surface area contributed by atoms with Gasteiger partial charge in [-0.15, -0.1) is 11.3 Å². The number of carbonyl (C=O) groups excluding carboxylic acids is 1. The monoisotopic (exact) mass is 260 g/mol. The van der Waals surface area contributed by atoms with Crippen LogP contribution in [-0.2, 0) is 0 Å². The Balaban J connectivity index is 2.14. The molecular formula is C14H16N2OS. The Morgan fingerprint density at radius 2 is 1.94 bits per heavy atom. The predicted octanol–water partition coefficient (Wildman–Crippen LogP) is 3.71. The molecule has 1 aromatic heterocycles. The largest absolute Gasteiger partial charge is 0.398 e. The van der Waals surface area contributed by atoms with Gasteiger partial charge in [0, 0.05) is 10.6 Å². The van der Waals surface area contributed by atoms with Crippen LogP contribution in [0.5, 0.6) is 0 Å². The molecule has 0 saturated heterocycles. The second kappa shape index (κ2) is 5.23. The molecule has 0 atom stereocenters. The molecule has 1 amide bonds. The Morgan fingerprint density at radius 1 is 1.22 bits per heavy atom.